The Kier molecular flexibility index (Phi) is 5.56. The first-order valence-electron chi connectivity index (χ1n) is 5.51. The molecule has 0 heterocycles. The minimum Gasteiger partial charge on any atom is -0.380 e. The standard InChI is InChI=1S/C13H15NO3S/c1-2-3-7-17-8-9-18(15,16)13-6-4-5-12(10-13)11-14/h2,4-6,10H,1,3,7-9H2. The van der Waals surface area contributed by atoms with Gasteiger partial charge in [-0.15, -0.1) is 6.58 Å². The van der Waals surface area contributed by atoms with Crippen LogP contribution in [0.15, 0.2) is 41.8 Å². The van der Waals surface area contributed by atoms with Crippen LogP contribution in [0.2, 0.25) is 0 Å². The maximum atomic E-state index is 11.9. The summed E-state index contributed by atoms with van der Waals surface area (Å²) < 4.78 is 29.0. The molecule has 18 heavy (non-hydrogen) atoms. The maximum Gasteiger partial charge on any atom is 0.180 e. The Labute approximate surface area is 107 Å². The summed E-state index contributed by atoms with van der Waals surface area (Å²) in [5, 5.41) is 8.72. The predicted octanol–water partition coefficient (Wildman–Crippen LogP) is 1.92. The average molecular weight is 265 g/mol. The van der Waals surface area contributed by atoms with E-state index < -0.39 is 9.84 Å². The van der Waals surface area contributed by atoms with E-state index in [0.717, 1.165) is 0 Å². The quantitative estimate of drug-likeness (QED) is 0.558. The third-order valence-corrected chi connectivity index (χ3v) is 3.96. The van der Waals surface area contributed by atoms with Crippen molar-refractivity contribution in [2.45, 2.75) is 11.3 Å². The smallest absolute Gasteiger partial charge is 0.180 e. The summed E-state index contributed by atoms with van der Waals surface area (Å²) in [6, 6.07) is 7.91. The van der Waals surface area contributed by atoms with Gasteiger partial charge in [-0.25, -0.2) is 8.42 Å². The van der Waals surface area contributed by atoms with Gasteiger partial charge in [-0.1, -0.05) is 12.1 Å². The first-order valence-corrected chi connectivity index (χ1v) is 7.17. The molecule has 0 saturated heterocycles. The van der Waals surface area contributed by atoms with Crippen molar-refractivity contribution in [3.63, 3.8) is 0 Å². The van der Waals surface area contributed by atoms with Gasteiger partial charge >= 0.3 is 0 Å². The molecule has 0 aliphatic carbocycles. The molecule has 0 fully saturated rings. The van der Waals surface area contributed by atoms with Gasteiger partial charge in [0, 0.05) is 0 Å². The van der Waals surface area contributed by atoms with Crippen LogP contribution in [0.3, 0.4) is 0 Å². The van der Waals surface area contributed by atoms with E-state index in [9.17, 15) is 8.42 Å². The van der Waals surface area contributed by atoms with E-state index in [4.69, 9.17) is 10.00 Å². The topological polar surface area (TPSA) is 67.2 Å². The molecule has 0 bridgehead atoms. The third kappa shape index (κ3) is 4.32. The van der Waals surface area contributed by atoms with Crippen LogP contribution in [0.4, 0.5) is 0 Å². The molecule has 96 valence electrons. The van der Waals surface area contributed by atoms with Crippen LogP contribution < -0.4 is 0 Å². The second kappa shape index (κ2) is 6.94. The Balaban J connectivity index is 2.63. The Bertz CT molecular complexity index is 544. The Morgan fingerprint density at radius 3 is 2.83 bits per heavy atom. The van der Waals surface area contributed by atoms with Gasteiger partial charge in [0.1, 0.15) is 0 Å². The monoisotopic (exact) mass is 265 g/mol. The summed E-state index contributed by atoms with van der Waals surface area (Å²) in [6.45, 7) is 4.16. The zero-order valence-corrected chi connectivity index (χ0v) is 10.8. The number of nitrogens with zero attached hydrogens (tertiary/aromatic N) is 1. The summed E-state index contributed by atoms with van der Waals surface area (Å²) >= 11 is 0. The largest absolute Gasteiger partial charge is 0.380 e. The molecule has 0 N–H and O–H groups in total. The van der Waals surface area contributed by atoms with Crippen LogP contribution >= 0.6 is 0 Å². The van der Waals surface area contributed by atoms with E-state index in [-0.39, 0.29) is 17.3 Å². The van der Waals surface area contributed by atoms with Crippen molar-refractivity contribution in [1.29, 1.82) is 5.26 Å². The molecule has 1 aromatic rings. The van der Waals surface area contributed by atoms with Crippen LogP contribution in [0.5, 0.6) is 0 Å². The second-order valence-electron chi connectivity index (χ2n) is 3.65. The molecule has 5 heteroatoms. The lowest BCUT2D eigenvalue weighted by Crippen LogP contribution is -2.13. The van der Waals surface area contributed by atoms with Crippen molar-refractivity contribution >= 4 is 9.84 Å². The van der Waals surface area contributed by atoms with Crippen molar-refractivity contribution in [3.8, 4) is 6.07 Å². The summed E-state index contributed by atoms with van der Waals surface area (Å²) in [6.07, 6.45) is 2.41. The number of ether oxygens (including phenoxy) is 1. The van der Waals surface area contributed by atoms with Gasteiger partial charge in [0.25, 0.3) is 0 Å². The van der Waals surface area contributed by atoms with Crippen molar-refractivity contribution in [3.05, 3.63) is 42.5 Å². The molecule has 0 aliphatic rings. The van der Waals surface area contributed by atoms with Crippen LogP contribution in [-0.2, 0) is 14.6 Å². The fraction of sp³-hybridized carbons (Fsp3) is 0.308. The lowest BCUT2D eigenvalue weighted by molar-refractivity contribution is 0.154. The van der Waals surface area contributed by atoms with Crippen molar-refractivity contribution < 1.29 is 13.2 Å². The average Bonchev–Trinajstić information content (AvgIpc) is 2.38. The van der Waals surface area contributed by atoms with Crippen molar-refractivity contribution in [1.82, 2.24) is 0 Å². The molecule has 4 nitrogen and oxygen atoms in total. The van der Waals surface area contributed by atoms with Crippen LogP contribution in [0.1, 0.15) is 12.0 Å². The summed E-state index contributed by atoms with van der Waals surface area (Å²) in [5.41, 5.74) is 0.337. The number of rotatable bonds is 7. The summed E-state index contributed by atoms with van der Waals surface area (Å²) in [4.78, 5) is 0.161. The highest BCUT2D eigenvalue weighted by atomic mass is 32.2. The van der Waals surface area contributed by atoms with Crippen LogP contribution in [0.25, 0.3) is 0 Å². The molecule has 1 aromatic carbocycles. The molecule has 0 unspecified atom stereocenters. The van der Waals surface area contributed by atoms with Gasteiger partial charge in [-0.3, -0.25) is 0 Å². The van der Waals surface area contributed by atoms with Crippen LogP contribution in [-0.4, -0.2) is 27.4 Å². The first kappa shape index (κ1) is 14.4. The Morgan fingerprint density at radius 2 is 2.17 bits per heavy atom. The molecule has 0 atom stereocenters. The van der Waals surface area contributed by atoms with E-state index in [1.54, 1.807) is 18.2 Å². The van der Waals surface area contributed by atoms with E-state index in [2.05, 4.69) is 6.58 Å². The van der Waals surface area contributed by atoms with E-state index in [1.165, 1.54) is 12.1 Å². The fourth-order valence-electron chi connectivity index (χ4n) is 1.31. The van der Waals surface area contributed by atoms with E-state index >= 15 is 0 Å². The molecule has 0 amide bonds. The number of hydrogen-bond donors (Lipinski definition) is 0. The first-order chi connectivity index (χ1) is 8.60. The fourth-order valence-corrected chi connectivity index (χ4v) is 2.48. The predicted molar refractivity (Wildman–Crippen MR) is 68.8 cm³/mol. The molecular weight excluding hydrogens is 250 g/mol. The summed E-state index contributed by atoms with van der Waals surface area (Å²) in [7, 11) is -3.38. The van der Waals surface area contributed by atoms with Gasteiger partial charge in [0.05, 0.1) is 35.5 Å². The Morgan fingerprint density at radius 1 is 1.39 bits per heavy atom. The highest BCUT2D eigenvalue weighted by Gasteiger charge is 2.14. The lowest BCUT2D eigenvalue weighted by atomic mass is 10.2. The molecule has 0 radical (unpaired) electrons. The molecule has 0 spiro atoms. The van der Waals surface area contributed by atoms with Gasteiger partial charge in [0.15, 0.2) is 9.84 Å². The Hall–Kier alpha value is -1.64. The molecular formula is C13H15NO3S. The van der Waals surface area contributed by atoms with Gasteiger partial charge in [0.2, 0.25) is 0 Å². The molecule has 0 saturated carbocycles. The molecule has 0 aliphatic heterocycles. The normalized spacial score (nSPS) is 10.8. The minimum atomic E-state index is -3.38. The zero-order chi connectivity index (χ0) is 13.4. The number of hydrogen-bond acceptors (Lipinski definition) is 4. The molecule has 0 aromatic heterocycles. The zero-order valence-electron chi connectivity index (χ0n) is 10.0. The maximum absolute atomic E-state index is 11.9. The number of benzene rings is 1. The summed E-state index contributed by atoms with van der Waals surface area (Å²) in [5.74, 6) is -0.0843. The van der Waals surface area contributed by atoms with Gasteiger partial charge < -0.3 is 4.74 Å². The van der Waals surface area contributed by atoms with Crippen molar-refractivity contribution in [2.24, 2.45) is 0 Å². The van der Waals surface area contributed by atoms with E-state index in [0.29, 0.717) is 18.6 Å². The third-order valence-electron chi connectivity index (χ3n) is 2.28. The minimum absolute atomic E-state index is 0.0843. The van der Waals surface area contributed by atoms with Gasteiger partial charge in [-0.05, 0) is 24.6 Å². The van der Waals surface area contributed by atoms with Crippen molar-refractivity contribution in [2.75, 3.05) is 19.0 Å². The lowest BCUT2D eigenvalue weighted by Gasteiger charge is -2.05. The SMILES string of the molecule is C=CCCOCCS(=O)(=O)c1cccc(C#N)c1. The highest BCUT2D eigenvalue weighted by molar-refractivity contribution is 7.91. The van der Waals surface area contributed by atoms with E-state index in [1.807, 2.05) is 6.07 Å². The van der Waals surface area contributed by atoms with Crippen LogP contribution in [0, 0.1) is 11.3 Å². The molecule has 1 rings (SSSR count). The number of nitriles is 1. The van der Waals surface area contributed by atoms with Gasteiger partial charge in [-0.2, -0.15) is 5.26 Å². The highest BCUT2D eigenvalue weighted by Crippen LogP contribution is 2.12. The number of sulfone groups is 1. The second-order valence-corrected chi connectivity index (χ2v) is 5.76.